The molecule has 1 amide bonds. The van der Waals surface area contributed by atoms with Gasteiger partial charge in [0, 0.05) is 31.6 Å². The molecule has 7 nitrogen and oxygen atoms in total. The van der Waals surface area contributed by atoms with Gasteiger partial charge in [0.25, 0.3) is 0 Å². The van der Waals surface area contributed by atoms with Crippen molar-refractivity contribution in [3.63, 3.8) is 0 Å². The summed E-state index contributed by atoms with van der Waals surface area (Å²) in [6.07, 6.45) is 13.0. The Morgan fingerprint density at radius 2 is 2.03 bits per heavy atom. The predicted molar refractivity (Wildman–Crippen MR) is 137 cm³/mol. The van der Waals surface area contributed by atoms with Crippen molar-refractivity contribution >= 4 is 29.6 Å². The minimum Gasteiger partial charge on any atom is -0.444 e. The molecule has 2 aliphatic rings. The first kappa shape index (κ1) is 23.5. The summed E-state index contributed by atoms with van der Waals surface area (Å²) in [5, 5.41) is 0. The molecule has 34 heavy (non-hydrogen) atoms. The van der Waals surface area contributed by atoms with Crippen LogP contribution in [0, 0.1) is 0 Å². The van der Waals surface area contributed by atoms with Crippen LogP contribution in [0.5, 0.6) is 0 Å². The first-order chi connectivity index (χ1) is 16.2. The van der Waals surface area contributed by atoms with E-state index in [9.17, 15) is 4.79 Å². The summed E-state index contributed by atoms with van der Waals surface area (Å²) >= 11 is 0. The predicted octanol–water partition coefficient (Wildman–Crippen LogP) is 5.62. The number of aromatic nitrogens is 1. The third-order valence-electron chi connectivity index (χ3n) is 5.77. The number of nitrogens with zero attached hydrogens (tertiary/aromatic N) is 4. The summed E-state index contributed by atoms with van der Waals surface area (Å²) in [6.45, 7) is 6.02. The molecule has 178 valence electrons. The number of aliphatic imine (C=N–C) groups is 2. The Balaban J connectivity index is 1.37. The number of aryl methyl sites for hydroxylation is 1. The molecule has 1 unspecified atom stereocenters. The maximum absolute atomic E-state index is 12.2. The zero-order chi connectivity index (χ0) is 24.3. The number of amidine groups is 1. The zero-order valence-corrected chi connectivity index (χ0v) is 20.4. The lowest BCUT2D eigenvalue weighted by Gasteiger charge is -2.24. The number of hydrogen-bond donors (Lipinski definition) is 1. The zero-order valence-electron chi connectivity index (χ0n) is 20.4. The van der Waals surface area contributed by atoms with E-state index in [4.69, 9.17) is 10.5 Å². The van der Waals surface area contributed by atoms with E-state index >= 15 is 0 Å². The molecule has 2 aromatic rings. The van der Waals surface area contributed by atoms with Gasteiger partial charge in [0.1, 0.15) is 17.3 Å². The van der Waals surface area contributed by atoms with Crippen molar-refractivity contribution in [3.8, 4) is 0 Å². The molecular weight excluding hydrogens is 426 g/mol. The number of fused-ring (bicyclic) bond motifs is 1. The fraction of sp³-hybridized carbons (Fsp3) is 0.370. The molecule has 1 aromatic carbocycles. The first-order valence-electron chi connectivity index (χ1n) is 11.7. The standard InChI is InChI=1S/C27H33N5O2/c1-27(2,3)34-26(33)31(4)18-19-7-11-22(12-8-19)30-24(28)20-9-13-23(14-10-20)32-17-15-21-6-5-16-29-25(21)32/h7-13,15-17,23H,5-6,14,18H2,1-4H3,(H2,28,30). The number of hydrogen-bond acceptors (Lipinski definition) is 4. The number of carbonyl (C=O) groups excluding carboxylic acids is 1. The summed E-state index contributed by atoms with van der Waals surface area (Å²) in [5.74, 6) is 1.55. The van der Waals surface area contributed by atoms with Crippen LogP contribution in [0.3, 0.4) is 0 Å². The van der Waals surface area contributed by atoms with E-state index in [0.29, 0.717) is 12.4 Å². The van der Waals surface area contributed by atoms with Crippen molar-refractivity contribution in [2.75, 3.05) is 7.05 Å². The van der Waals surface area contributed by atoms with Gasteiger partial charge in [-0.25, -0.2) is 14.8 Å². The maximum atomic E-state index is 12.2. The lowest BCUT2D eigenvalue weighted by molar-refractivity contribution is 0.0285. The summed E-state index contributed by atoms with van der Waals surface area (Å²) in [7, 11) is 1.73. The van der Waals surface area contributed by atoms with Crippen molar-refractivity contribution in [3.05, 3.63) is 71.5 Å². The van der Waals surface area contributed by atoms with E-state index in [0.717, 1.165) is 41.9 Å². The molecule has 0 saturated carbocycles. The van der Waals surface area contributed by atoms with Gasteiger partial charge in [0.15, 0.2) is 0 Å². The third kappa shape index (κ3) is 5.65. The highest BCUT2D eigenvalue weighted by Gasteiger charge is 2.20. The van der Waals surface area contributed by atoms with Crippen molar-refractivity contribution in [1.29, 1.82) is 0 Å². The highest BCUT2D eigenvalue weighted by atomic mass is 16.6. The number of rotatable bonds is 5. The van der Waals surface area contributed by atoms with E-state index in [1.165, 1.54) is 5.56 Å². The molecule has 4 rings (SSSR count). The average Bonchev–Trinajstić information content (AvgIpc) is 3.23. The maximum Gasteiger partial charge on any atom is 0.410 e. The van der Waals surface area contributed by atoms with E-state index in [1.54, 1.807) is 11.9 Å². The molecule has 1 aliphatic heterocycles. The number of ether oxygens (including phenoxy) is 1. The molecule has 0 bridgehead atoms. The normalized spacial score (nSPS) is 17.8. The minimum absolute atomic E-state index is 0.233. The van der Waals surface area contributed by atoms with Crippen molar-refractivity contribution < 1.29 is 9.53 Å². The van der Waals surface area contributed by atoms with Crippen LogP contribution in [0.25, 0.3) is 0 Å². The van der Waals surface area contributed by atoms with Gasteiger partial charge >= 0.3 is 6.09 Å². The van der Waals surface area contributed by atoms with Gasteiger partial charge in [-0.3, -0.25) is 0 Å². The van der Waals surface area contributed by atoms with E-state index in [2.05, 4.69) is 39.0 Å². The third-order valence-corrected chi connectivity index (χ3v) is 5.77. The summed E-state index contributed by atoms with van der Waals surface area (Å²) in [4.78, 5) is 22.9. The fourth-order valence-electron chi connectivity index (χ4n) is 4.03. The van der Waals surface area contributed by atoms with Crippen LogP contribution in [0.4, 0.5) is 16.3 Å². The largest absolute Gasteiger partial charge is 0.444 e. The molecule has 1 aromatic heterocycles. The summed E-state index contributed by atoms with van der Waals surface area (Å²) in [5.41, 5.74) is 9.79. The monoisotopic (exact) mass is 459 g/mol. The van der Waals surface area contributed by atoms with Crippen LogP contribution in [-0.2, 0) is 17.7 Å². The quantitative estimate of drug-likeness (QED) is 0.465. The molecule has 0 fully saturated rings. The SMILES string of the molecule is CN(Cc1ccc(N=C(N)C2=CCC(n3ccc4c3N=CCC4)C=C2)cc1)C(=O)OC(C)(C)C. The second-order valence-electron chi connectivity index (χ2n) is 9.74. The Kier molecular flexibility index (Phi) is 6.72. The molecule has 0 saturated heterocycles. The Hall–Kier alpha value is -3.61. The van der Waals surface area contributed by atoms with Gasteiger partial charge in [-0.15, -0.1) is 0 Å². The Labute approximate surface area is 201 Å². The molecule has 1 atom stereocenters. The highest BCUT2D eigenvalue weighted by molar-refractivity contribution is 6.01. The molecule has 0 radical (unpaired) electrons. The number of carbonyl (C=O) groups is 1. The summed E-state index contributed by atoms with van der Waals surface area (Å²) in [6, 6.07) is 10.1. The number of benzene rings is 1. The lowest BCUT2D eigenvalue weighted by atomic mass is 10.0. The number of amides is 1. The molecular formula is C27H33N5O2. The van der Waals surface area contributed by atoms with Crippen LogP contribution in [0.2, 0.25) is 0 Å². The van der Waals surface area contributed by atoms with Crippen LogP contribution >= 0.6 is 0 Å². The second kappa shape index (κ2) is 9.71. The van der Waals surface area contributed by atoms with E-state index < -0.39 is 5.60 Å². The van der Waals surface area contributed by atoms with Crippen LogP contribution in [0.1, 0.15) is 50.8 Å². The van der Waals surface area contributed by atoms with Gasteiger partial charge in [0.2, 0.25) is 0 Å². The molecule has 0 spiro atoms. The second-order valence-corrected chi connectivity index (χ2v) is 9.74. The Bertz CT molecular complexity index is 1160. The van der Waals surface area contributed by atoms with Crippen molar-refractivity contribution in [1.82, 2.24) is 9.47 Å². The van der Waals surface area contributed by atoms with Crippen molar-refractivity contribution in [2.45, 2.75) is 58.2 Å². The number of allylic oxidation sites excluding steroid dienone is 2. The van der Waals surface area contributed by atoms with Crippen LogP contribution < -0.4 is 5.73 Å². The Morgan fingerprint density at radius 3 is 2.71 bits per heavy atom. The van der Waals surface area contributed by atoms with Gasteiger partial charge in [-0.1, -0.05) is 30.4 Å². The van der Waals surface area contributed by atoms with Gasteiger partial charge in [-0.05, 0) is 69.4 Å². The van der Waals surface area contributed by atoms with E-state index in [-0.39, 0.29) is 12.1 Å². The molecule has 2 heterocycles. The lowest BCUT2D eigenvalue weighted by Crippen LogP contribution is -2.33. The molecule has 1 aliphatic carbocycles. The first-order valence-corrected chi connectivity index (χ1v) is 11.7. The topological polar surface area (TPSA) is 85.2 Å². The van der Waals surface area contributed by atoms with Gasteiger partial charge < -0.3 is 19.9 Å². The van der Waals surface area contributed by atoms with Gasteiger partial charge in [-0.2, -0.15) is 0 Å². The van der Waals surface area contributed by atoms with Crippen LogP contribution in [-0.4, -0.2) is 40.3 Å². The fourth-order valence-corrected chi connectivity index (χ4v) is 4.03. The smallest absolute Gasteiger partial charge is 0.410 e. The van der Waals surface area contributed by atoms with Gasteiger partial charge in [0.05, 0.1) is 11.7 Å². The highest BCUT2D eigenvalue weighted by Crippen LogP contribution is 2.32. The minimum atomic E-state index is -0.515. The average molecular weight is 460 g/mol. The van der Waals surface area contributed by atoms with E-state index in [1.807, 2.05) is 57.3 Å². The molecule has 2 N–H and O–H groups in total. The van der Waals surface area contributed by atoms with Crippen LogP contribution in [0.15, 0.2) is 70.3 Å². The Morgan fingerprint density at radius 1 is 1.26 bits per heavy atom. The number of nitrogens with two attached hydrogens (primary N) is 1. The molecule has 7 heteroatoms. The summed E-state index contributed by atoms with van der Waals surface area (Å²) < 4.78 is 7.63. The van der Waals surface area contributed by atoms with Crippen molar-refractivity contribution in [2.24, 2.45) is 15.7 Å².